The van der Waals surface area contributed by atoms with Gasteiger partial charge in [-0.3, -0.25) is 14.4 Å². The van der Waals surface area contributed by atoms with E-state index >= 15 is 0 Å². The first-order valence-corrected chi connectivity index (χ1v) is 8.49. The number of ketones is 1. The van der Waals surface area contributed by atoms with Crippen molar-refractivity contribution in [1.82, 2.24) is 0 Å². The third-order valence-corrected chi connectivity index (χ3v) is 4.09. The number of aldehydes is 1. The summed E-state index contributed by atoms with van der Waals surface area (Å²) >= 11 is 0. The largest absolute Gasteiger partial charge is 0.426 e. The lowest BCUT2D eigenvalue weighted by Gasteiger charge is -2.08. The van der Waals surface area contributed by atoms with Gasteiger partial charge in [-0.15, -0.1) is 0 Å². The van der Waals surface area contributed by atoms with Crippen LogP contribution in [0.15, 0.2) is 18.2 Å². The van der Waals surface area contributed by atoms with Crippen molar-refractivity contribution in [3.63, 3.8) is 0 Å². The number of hydrogen-bond donors (Lipinski definition) is 0. The van der Waals surface area contributed by atoms with E-state index in [0.29, 0.717) is 18.3 Å². The van der Waals surface area contributed by atoms with Crippen LogP contribution in [-0.4, -0.2) is 18.0 Å². The monoisotopic (exact) mass is 316 g/mol. The molecule has 23 heavy (non-hydrogen) atoms. The van der Waals surface area contributed by atoms with Crippen LogP contribution >= 0.6 is 0 Å². The highest BCUT2D eigenvalue weighted by Gasteiger charge is 2.32. The summed E-state index contributed by atoms with van der Waals surface area (Å²) in [5.41, 5.74) is 0.768. The quantitative estimate of drug-likeness (QED) is 0.211. The number of carbonyl (C=O) groups is 3. The van der Waals surface area contributed by atoms with Crippen molar-refractivity contribution >= 4 is 18.0 Å². The van der Waals surface area contributed by atoms with Crippen molar-refractivity contribution in [2.24, 2.45) is 5.92 Å². The van der Waals surface area contributed by atoms with Crippen LogP contribution in [0.5, 0.6) is 5.75 Å². The molecule has 0 unspecified atom stereocenters. The van der Waals surface area contributed by atoms with E-state index in [0.717, 1.165) is 32.1 Å². The van der Waals surface area contributed by atoms with Crippen LogP contribution in [0.1, 0.15) is 79.0 Å². The number of carbonyl (C=O) groups excluding carboxylic acids is 3. The Morgan fingerprint density at radius 1 is 1.17 bits per heavy atom. The fourth-order valence-corrected chi connectivity index (χ4v) is 2.45. The van der Waals surface area contributed by atoms with Gasteiger partial charge in [0.05, 0.1) is 11.5 Å². The van der Waals surface area contributed by atoms with Gasteiger partial charge < -0.3 is 4.74 Å². The molecule has 0 atom stereocenters. The number of ether oxygens (including phenoxy) is 1. The van der Waals surface area contributed by atoms with Gasteiger partial charge in [0.2, 0.25) is 0 Å². The van der Waals surface area contributed by atoms with Gasteiger partial charge in [-0.2, -0.15) is 0 Å². The van der Waals surface area contributed by atoms with Gasteiger partial charge in [-0.05, 0) is 37.5 Å². The number of hydrogen-bond acceptors (Lipinski definition) is 4. The Balaban J connectivity index is 1.93. The summed E-state index contributed by atoms with van der Waals surface area (Å²) in [4.78, 5) is 35.1. The maximum atomic E-state index is 12.2. The number of rotatable bonds is 10. The molecule has 0 aliphatic heterocycles. The van der Waals surface area contributed by atoms with Gasteiger partial charge in [0.25, 0.3) is 0 Å². The molecule has 0 N–H and O–H groups in total. The normalized spacial score (nSPS) is 13.6. The number of Topliss-reactive ketones (excluding diaryl/α,β-unsaturated/α-hetero) is 1. The van der Waals surface area contributed by atoms with Crippen LogP contribution in [0.4, 0.5) is 0 Å². The summed E-state index contributed by atoms with van der Waals surface area (Å²) in [7, 11) is 0. The molecule has 1 aliphatic rings. The van der Waals surface area contributed by atoms with Crippen molar-refractivity contribution in [1.29, 1.82) is 0 Å². The topological polar surface area (TPSA) is 60.4 Å². The number of unbranched alkanes of at least 4 members (excludes halogenated alkanes) is 4. The molecule has 0 radical (unpaired) electrons. The molecule has 1 saturated carbocycles. The van der Waals surface area contributed by atoms with E-state index in [-0.39, 0.29) is 29.0 Å². The maximum absolute atomic E-state index is 12.2. The van der Waals surface area contributed by atoms with Crippen LogP contribution in [0, 0.1) is 5.92 Å². The average molecular weight is 316 g/mol. The average Bonchev–Trinajstić information content (AvgIpc) is 3.39. The van der Waals surface area contributed by atoms with Crippen molar-refractivity contribution in [3.05, 3.63) is 29.3 Å². The SMILES string of the molecule is CCCCCCCC(=O)c1ccc(OC(=O)C2CC2)c(C=O)c1. The minimum atomic E-state index is -0.289. The van der Waals surface area contributed by atoms with Gasteiger partial charge in [-0.1, -0.05) is 32.6 Å². The fourth-order valence-electron chi connectivity index (χ4n) is 2.45. The first kappa shape index (κ1) is 17.4. The molecule has 1 aliphatic carbocycles. The lowest BCUT2D eigenvalue weighted by molar-refractivity contribution is -0.135. The van der Waals surface area contributed by atoms with Gasteiger partial charge in [-0.25, -0.2) is 0 Å². The Morgan fingerprint density at radius 3 is 2.57 bits per heavy atom. The van der Waals surface area contributed by atoms with Gasteiger partial charge in [0, 0.05) is 12.0 Å². The minimum absolute atomic E-state index is 0.0288. The second-order valence-corrected chi connectivity index (χ2v) is 6.15. The molecular formula is C19H24O4. The molecular weight excluding hydrogens is 292 g/mol. The molecule has 0 bridgehead atoms. The molecule has 124 valence electrons. The molecule has 0 heterocycles. The highest BCUT2D eigenvalue weighted by atomic mass is 16.5. The Kier molecular flexibility index (Phi) is 6.51. The Morgan fingerprint density at radius 2 is 1.91 bits per heavy atom. The molecule has 0 spiro atoms. The highest BCUT2D eigenvalue weighted by molar-refractivity contribution is 5.98. The van der Waals surface area contributed by atoms with Crippen LogP contribution in [0.25, 0.3) is 0 Å². The molecule has 2 rings (SSSR count). The van der Waals surface area contributed by atoms with Crippen molar-refractivity contribution in [2.45, 2.75) is 58.3 Å². The molecule has 1 aromatic rings. The first-order chi connectivity index (χ1) is 11.2. The summed E-state index contributed by atoms with van der Waals surface area (Å²) in [6.45, 7) is 2.16. The van der Waals surface area contributed by atoms with E-state index in [1.807, 2.05) is 0 Å². The Bertz CT molecular complexity index is 573. The Hall–Kier alpha value is -1.97. The fraction of sp³-hybridized carbons (Fsp3) is 0.526. The van der Waals surface area contributed by atoms with Crippen LogP contribution in [0.3, 0.4) is 0 Å². The first-order valence-electron chi connectivity index (χ1n) is 8.49. The van der Waals surface area contributed by atoms with Crippen LogP contribution in [0.2, 0.25) is 0 Å². The number of benzene rings is 1. The van der Waals surface area contributed by atoms with E-state index in [1.54, 1.807) is 12.1 Å². The zero-order valence-electron chi connectivity index (χ0n) is 13.7. The summed E-state index contributed by atoms with van der Waals surface area (Å²) in [5, 5.41) is 0. The van der Waals surface area contributed by atoms with Crippen molar-refractivity contribution in [3.8, 4) is 5.75 Å². The summed E-state index contributed by atoms with van der Waals surface area (Å²) < 4.78 is 5.24. The van der Waals surface area contributed by atoms with E-state index in [2.05, 4.69) is 6.92 Å². The third-order valence-electron chi connectivity index (χ3n) is 4.09. The van der Waals surface area contributed by atoms with Gasteiger partial charge in [0.15, 0.2) is 12.1 Å². The Labute approximate surface area is 137 Å². The van der Waals surface area contributed by atoms with Crippen LogP contribution in [-0.2, 0) is 4.79 Å². The molecule has 4 heteroatoms. The van der Waals surface area contributed by atoms with E-state index < -0.39 is 0 Å². The van der Waals surface area contributed by atoms with Gasteiger partial charge in [0.1, 0.15) is 5.75 Å². The maximum Gasteiger partial charge on any atom is 0.314 e. The standard InChI is InChI=1S/C19H24O4/c1-2-3-4-5-6-7-17(21)15-10-11-18(16(12-15)13-20)23-19(22)14-8-9-14/h10-14H,2-9H2,1H3. The van der Waals surface area contributed by atoms with Crippen molar-refractivity contribution in [2.75, 3.05) is 0 Å². The minimum Gasteiger partial charge on any atom is -0.426 e. The highest BCUT2D eigenvalue weighted by Crippen LogP contribution is 2.31. The predicted octanol–water partition coefficient (Wildman–Crippen LogP) is 4.36. The zero-order valence-corrected chi connectivity index (χ0v) is 13.7. The lowest BCUT2D eigenvalue weighted by Crippen LogP contribution is -2.11. The van der Waals surface area contributed by atoms with E-state index in [4.69, 9.17) is 4.74 Å². The predicted molar refractivity (Wildman–Crippen MR) is 87.9 cm³/mol. The molecule has 1 fully saturated rings. The molecule has 1 aromatic carbocycles. The van der Waals surface area contributed by atoms with Gasteiger partial charge >= 0.3 is 5.97 Å². The van der Waals surface area contributed by atoms with Crippen molar-refractivity contribution < 1.29 is 19.1 Å². The van der Waals surface area contributed by atoms with E-state index in [1.165, 1.54) is 18.9 Å². The third kappa shape index (κ3) is 5.31. The second-order valence-electron chi connectivity index (χ2n) is 6.15. The number of esters is 1. The summed E-state index contributed by atoms with van der Waals surface area (Å²) in [6.07, 6.45) is 8.27. The molecule has 0 saturated heterocycles. The molecule has 4 nitrogen and oxygen atoms in total. The summed E-state index contributed by atoms with van der Waals surface area (Å²) in [6, 6.07) is 4.71. The second kappa shape index (κ2) is 8.61. The molecule has 0 amide bonds. The smallest absolute Gasteiger partial charge is 0.314 e. The summed E-state index contributed by atoms with van der Waals surface area (Å²) in [5.74, 6) is -0.0388. The van der Waals surface area contributed by atoms with Crippen LogP contribution < -0.4 is 4.74 Å². The lowest BCUT2D eigenvalue weighted by atomic mass is 10.0. The van der Waals surface area contributed by atoms with E-state index in [9.17, 15) is 14.4 Å². The zero-order chi connectivity index (χ0) is 16.7. The molecule has 0 aromatic heterocycles.